The molecule has 0 spiro atoms. The fraction of sp³-hybridized carbons (Fsp3) is 0.176. The largest absolute Gasteiger partial charge is 0.454 e. The van der Waals surface area contributed by atoms with Crippen molar-refractivity contribution in [2.45, 2.75) is 17.9 Å². The summed E-state index contributed by atoms with van der Waals surface area (Å²) in [6.07, 6.45) is 0.653. The van der Waals surface area contributed by atoms with Crippen LogP contribution in [0.1, 0.15) is 17.3 Å². The third-order valence-electron chi connectivity index (χ3n) is 3.65. The number of Topliss-reactive ketones (excluding diaryl/α,β-unsaturated/α-hetero) is 1. The molecule has 9 heteroatoms. The van der Waals surface area contributed by atoms with Gasteiger partial charge in [-0.05, 0) is 24.4 Å². The Labute approximate surface area is 156 Å². The van der Waals surface area contributed by atoms with Gasteiger partial charge in [0.1, 0.15) is 0 Å². The first-order valence-corrected chi connectivity index (χ1v) is 9.48. The van der Waals surface area contributed by atoms with Crippen LogP contribution in [0.15, 0.2) is 46.8 Å². The number of rotatable bonds is 7. The second-order valence-electron chi connectivity index (χ2n) is 5.38. The van der Waals surface area contributed by atoms with Crippen LogP contribution in [0.25, 0.3) is 10.9 Å². The Morgan fingerprint density at radius 1 is 1.35 bits per heavy atom. The lowest BCUT2D eigenvalue weighted by atomic mass is 10.1. The van der Waals surface area contributed by atoms with Crippen molar-refractivity contribution in [1.82, 2.24) is 4.98 Å². The number of benzene rings is 1. The van der Waals surface area contributed by atoms with Crippen LogP contribution in [-0.2, 0) is 9.53 Å². The minimum absolute atomic E-state index is 0.00859. The smallest absolute Gasteiger partial charge is 0.337 e. The molecule has 2 heterocycles. The van der Waals surface area contributed by atoms with E-state index >= 15 is 0 Å². The summed E-state index contributed by atoms with van der Waals surface area (Å²) in [7, 11) is 0. The standard InChI is InChI=1S/C17H14N2O5S2/c1-10(16(21)12-8-18-13-5-3-2-4-11(12)13)24-15(20)9-26-14-6-7-25-17(14)19(22)23/h2-8,10,18H,9H2,1H3. The van der Waals surface area contributed by atoms with Crippen molar-refractivity contribution >= 4 is 50.8 Å². The fourth-order valence-corrected chi connectivity index (χ4v) is 4.16. The summed E-state index contributed by atoms with van der Waals surface area (Å²) in [6, 6.07) is 8.94. The van der Waals surface area contributed by atoms with Crippen LogP contribution in [0.2, 0.25) is 0 Å². The van der Waals surface area contributed by atoms with Gasteiger partial charge in [-0.3, -0.25) is 19.7 Å². The van der Waals surface area contributed by atoms with Gasteiger partial charge in [-0.2, -0.15) is 0 Å². The molecule has 0 radical (unpaired) electrons. The van der Waals surface area contributed by atoms with Crippen LogP contribution >= 0.6 is 23.1 Å². The first kappa shape index (κ1) is 18.2. The van der Waals surface area contributed by atoms with E-state index in [-0.39, 0.29) is 16.5 Å². The number of carbonyl (C=O) groups excluding carboxylic acids is 2. The number of nitrogens with one attached hydrogen (secondary N) is 1. The minimum Gasteiger partial charge on any atom is -0.454 e. The Balaban J connectivity index is 1.61. The average Bonchev–Trinajstić information content (AvgIpc) is 3.26. The van der Waals surface area contributed by atoms with Gasteiger partial charge in [0.15, 0.2) is 6.10 Å². The van der Waals surface area contributed by atoms with E-state index in [2.05, 4.69) is 4.98 Å². The summed E-state index contributed by atoms with van der Waals surface area (Å²) < 4.78 is 5.19. The number of para-hydroxylation sites is 1. The first-order valence-electron chi connectivity index (χ1n) is 7.62. The van der Waals surface area contributed by atoms with Gasteiger partial charge in [0.05, 0.1) is 15.6 Å². The van der Waals surface area contributed by atoms with E-state index in [1.165, 1.54) is 6.92 Å². The summed E-state index contributed by atoms with van der Waals surface area (Å²) >= 11 is 2.02. The van der Waals surface area contributed by atoms with Gasteiger partial charge in [-0.25, -0.2) is 0 Å². The number of carbonyl (C=O) groups is 2. The molecule has 0 saturated carbocycles. The minimum atomic E-state index is -0.945. The number of nitrogens with zero attached hydrogens (tertiary/aromatic N) is 1. The van der Waals surface area contributed by atoms with Gasteiger partial charge < -0.3 is 9.72 Å². The molecule has 1 unspecified atom stereocenters. The van der Waals surface area contributed by atoms with E-state index < -0.39 is 17.0 Å². The molecule has 134 valence electrons. The molecule has 0 fully saturated rings. The number of thiophene rings is 1. The maximum atomic E-state index is 12.5. The topological polar surface area (TPSA) is 102 Å². The van der Waals surface area contributed by atoms with Crippen LogP contribution in [0.4, 0.5) is 5.00 Å². The highest BCUT2D eigenvalue weighted by atomic mass is 32.2. The molecule has 0 saturated heterocycles. The predicted molar refractivity (Wildman–Crippen MR) is 99.9 cm³/mol. The van der Waals surface area contributed by atoms with Crippen molar-refractivity contribution in [2.75, 3.05) is 5.75 Å². The van der Waals surface area contributed by atoms with Crippen molar-refractivity contribution in [1.29, 1.82) is 0 Å². The molecular formula is C17H14N2O5S2. The lowest BCUT2D eigenvalue weighted by Gasteiger charge is -2.11. The number of esters is 1. The van der Waals surface area contributed by atoms with E-state index in [0.29, 0.717) is 10.5 Å². The number of aromatic nitrogens is 1. The number of hydrogen-bond donors (Lipinski definition) is 1. The molecule has 7 nitrogen and oxygen atoms in total. The first-order chi connectivity index (χ1) is 12.5. The van der Waals surface area contributed by atoms with Crippen molar-refractivity contribution in [3.05, 3.63) is 57.6 Å². The second kappa shape index (κ2) is 7.71. The zero-order valence-electron chi connectivity index (χ0n) is 13.6. The molecule has 1 atom stereocenters. The second-order valence-corrected chi connectivity index (χ2v) is 7.29. The Morgan fingerprint density at radius 3 is 2.88 bits per heavy atom. The monoisotopic (exact) mass is 390 g/mol. The van der Waals surface area contributed by atoms with Crippen molar-refractivity contribution in [3.63, 3.8) is 0 Å². The molecule has 3 rings (SSSR count). The van der Waals surface area contributed by atoms with E-state index in [9.17, 15) is 19.7 Å². The predicted octanol–water partition coefficient (Wildman–Crippen LogP) is 4.04. The Morgan fingerprint density at radius 2 is 2.12 bits per heavy atom. The van der Waals surface area contributed by atoms with E-state index in [0.717, 1.165) is 34.0 Å². The zero-order valence-corrected chi connectivity index (χ0v) is 15.3. The van der Waals surface area contributed by atoms with E-state index in [1.54, 1.807) is 17.6 Å². The average molecular weight is 390 g/mol. The highest BCUT2D eigenvalue weighted by Crippen LogP contribution is 2.34. The molecule has 1 aromatic carbocycles. The van der Waals surface area contributed by atoms with Gasteiger partial charge in [-0.1, -0.05) is 29.5 Å². The molecule has 0 aliphatic carbocycles. The molecule has 1 N–H and O–H groups in total. The summed E-state index contributed by atoms with van der Waals surface area (Å²) in [5.41, 5.74) is 1.29. The van der Waals surface area contributed by atoms with Crippen molar-refractivity contribution in [2.24, 2.45) is 0 Å². The number of hydrogen-bond acceptors (Lipinski definition) is 7. The molecule has 26 heavy (non-hydrogen) atoms. The molecule has 0 amide bonds. The Kier molecular flexibility index (Phi) is 5.38. The van der Waals surface area contributed by atoms with Crippen molar-refractivity contribution < 1.29 is 19.2 Å². The fourth-order valence-electron chi connectivity index (χ4n) is 2.45. The van der Waals surface area contributed by atoms with Crippen LogP contribution in [0.3, 0.4) is 0 Å². The normalized spacial score (nSPS) is 12.0. The molecule has 0 aliphatic rings. The van der Waals surface area contributed by atoms with Gasteiger partial charge >= 0.3 is 11.0 Å². The quantitative estimate of drug-likeness (QED) is 0.215. The molecule has 0 bridgehead atoms. The molecular weight excluding hydrogens is 376 g/mol. The lowest BCUT2D eigenvalue weighted by Crippen LogP contribution is -2.25. The highest BCUT2D eigenvalue weighted by molar-refractivity contribution is 8.00. The lowest BCUT2D eigenvalue weighted by molar-refractivity contribution is -0.382. The maximum absolute atomic E-state index is 12.5. The van der Waals surface area contributed by atoms with E-state index in [4.69, 9.17) is 4.74 Å². The summed E-state index contributed by atoms with van der Waals surface area (Å²) in [4.78, 5) is 38.3. The van der Waals surface area contributed by atoms with Gasteiger partial charge in [0.25, 0.3) is 0 Å². The SMILES string of the molecule is CC(OC(=O)CSc1ccsc1[N+](=O)[O-])C(=O)c1c[nH]c2ccccc12. The van der Waals surface area contributed by atoms with Crippen molar-refractivity contribution in [3.8, 4) is 0 Å². The van der Waals surface area contributed by atoms with Gasteiger partial charge in [-0.15, -0.1) is 11.8 Å². The van der Waals surface area contributed by atoms with Crippen LogP contribution in [0, 0.1) is 10.1 Å². The highest BCUT2D eigenvalue weighted by Gasteiger charge is 2.23. The van der Waals surface area contributed by atoms with Crippen LogP contribution in [0.5, 0.6) is 0 Å². The number of ketones is 1. The number of nitro groups is 1. The van der Waals surface area contributed by atoms with Gasteiger partial charge in [0.2, 0.25) is 5.78 Å². The number of ether oxygens (including phenoxy) is 1. The summed E-state index contributed by atoms with van der Waals surface area (Å²) in [6.45, 7) is 1.51. The Hall–Kier alpha value is -2.65. The maximum Gasteiger partial charge on any atom is 0.337 e. The number of fused-ring (bicyclic) bond motifs is 1. The molecule has 3 aromatic rings. The molecule has 2 aromatic heterocycles. The third-order valence-corrected chi connectivity index (χ3v) is 5.67. The third kappa shape index (κ3) is 3.78. The summed E-state index contributed by atoms with van der Waals surface area (Å²) in [5, 5.41) is 13.2. The number of H-pyrrole nitrogens is 1. The van der Waals surface area contributed by atoms with Crippen LogP contribution < -0.4 is 0 Å². The zero-order chi connectivity index (χ0) is 18.7. The van der Waals surface area contributed by atoms with Gasteiger partial charge in [0, 0.05) is 22.7 Å². The van der Waals surface area contributed by atoms with E-state index in [1.807, 2.05) is 24.3 Å². The number of aromatic amines is 1. The molecule has 0 aliphatic heterocycles. The van der Waals surface area contributed by atoms with Crippen LogP contribution in [-0.4, -0.2) is 33.5 Å². The summed E-state index contributed by atoms with van der Waals surface area (Å²) in [5.74, 6) is -1.01. The number of thioether (sulfide) groups is 1. The Bertz CT molecular complexity index is 978.